The van der Waals surface area contributed by atoms with Crippen LogP contribution in [0.3, 0.4) is 0 Å². The molecule has 0 bridgehead atoms. The second-order valence-corrected chi connectivity index (χ2v) is 20.6. The van der Waals surface area contributed by atoms with Crippen molar-refractivity contribution in [3.05, 3.63) is 48.3 Å². The number of hydrogen-bond acceptors (Lipinski definition) is 20. The molecule has 0 spiro atoms. The fourth-order valence-corrected chi connectivity index (χ4v) is 11.2. The highest BCUT2D eigenvalue weighted by atomic mass is 32.1. The molecule has 7 heterocycles. The van der Waals surface area contributed by atoms with Crippen LogP contribution >= 0.6 is 22.7 Å². The smallest absolute Gasteiger partial charge is 0.224 e. The molecule has 6 aromatic heterocycles. The standard InChI is InChI=1S/C24H30N6O3S.C21H26N6O3S/c1-12-18(22-29-16-10-25-7-6-17(16)34-22)21(30-23(27-12)26-9-13-4-5-13)28-15-8-14(11-31)19-20(15)33-24(2,3)32-19;1-10-16(20-26-14-8-22-5-4-15(14)31-20)19(27-21(24-10)23-7-11-2-3-11)25-13-6-12(9-28)17(29)18(13)30/h6-7,10,13-15,19-20,31H,4-5,8-9,11H2,1-3H3,(H2,26,27,28,30);4-5,8,11-13,17-18,28-30H,2-3,6-7,9H2,1H3,(H2,23,24,25,27)/t14-,15-,19-,20+;12-,13-,17-,18+/m11/s1. The van der Waals surface area contributed by atoms with E-state index in [0.29, 0.717) is 36.0 Å². The van der Waals surface area contributed by atoms with Crippen LogP contribution < -0.4 is 21.3 Å². The molecule has 4 aliphatic carbocycles. The lowest BCUT2D eigenvalue weighted by molar-refractivity contribution is -0.158. The Hall–Kier alpha value is -4.80. The molecule has 18 nitrogen and oxygen atoms in total. The molecule has 0 radical (unpaired) electrons. The molecule has 5 aliphatic rings. The van der Waals surface area contributed by atoms with Crippen molar-refractivity contribution in [1.29, 1.82) is 0 Å². The third-order valence-electron chi connectivity index (χ3n) is 13.0. The SMILES string of the molecule is Cc1nc(NCC2CC2)nc(N[C@@H]2C[C@H](CO)[C@@H](O)[C@H]2O)c1-c1nc2cnccc2s1.Cc1nc(NCC2CC2)nc(N[C@@H]2C[C@H](CO)[C@H]3OC(C)(C)O[C@H]32)c1-c1nc2cnccc2s1. The van der Waals surface area contributed by atoms with Gasteiger partial charge in [-0.25, -0.2) is 19.9 Å². The van der Waals surface area contributed by atoms with Crippen molar-refractivity contribution in [3.63, 3.8) is 0 Å². The first-order valence-corrected chi connectivity index (χ1v) is 24.2. The van der Waals surface area contributed by atoms with Crippen molar-refractivity contribution in [2.45, 2.75) is 109 Å². The number of aliphatic hydroxyl groups excluding tert-OH is 4. The number of aryl methyl sites for hydroxylation is 2. The highest BCUT2D eigenvalue weighted by Gasteiger charge is 2.54. The van der Waals surface area contributed by atoms with Crippen LogP contribution in [0.4, 0.5) is 23.5 Å². The van der Waals surface area contributed by atoms with E-state index in [0.717, 1.165) is 78.3 Å². The van der Waals surface area contributed by atoms with Crippen LogP contribution in [0.2, 0.25) is 0 Å². The van der Waals surface area contributed by atoms with Gasteiger partial charge in [-0.2, -0.15) is 9.97 Å². The number of thiazole rings is 2. The molecule has 1 saturated heterocycles. The third kappa shape index (κ3) is 9.45. The molecule has 20 heteroatoms. The van der Waals surface area contributed by atoms with Gasteiger partial charge in [-0.1, -0.05) is 0 Å². The van der Waals surface area contributed by atoms with Gasteiger partial charge in [0.05, 0.1) is 68.6 Å². The van der Waals surface area contributed by atoms with Crippen molar-refractivity contribution in [2.24, 2.45) is 23.7 Å². The Morgan fingerprint density at radius 1 is 0.646 bits per heavy atom. The molecule has 5 fully saturated rings. The first-order valence-electron chi connectivity index (χ1n) is 22.6. The van der Waals surface area contributed by atoms with Gasteiger partial charge in [0.15, 0.2) is 5.79 Å². The number of nitrogens with one attached hydrogen (secondary N) is 4. The average Bonchev–Trinajstić information content (AvgIpc) is 4.12. The van der Waals surface area contributed by atoms with Crippen molar-refractivity contribution >= 4 is 66.6 Å². The molecule has 0 aromatic carbocycles. The Labute approximate surface area is 384 Å². The number of nitrogens with zero attached hydrogens (tertiary/aromatic N) is 8. The number of aromatic nitrogens is 8. The predicted octanol–water partition coefficient (Wildman–Crippen LogP) is 5.38. The quantitative estimate of drug-likeness (QED) is 0.0682. The number of fused-ring (bicyclic) bond motifs is 3. The largest absolute Gasteiger partial charge is 0.396 e. The van der Waals surface area contributed by atoms with Gasteiger partial charge in [-0.15, -0.1) is 22.7 Å². The first kappa shape index (κ1) is 44.1. The number of anilines is 4. The predicted molar refractivity (Wildman–Crippen MR) is 250 cm³/mol. The van der Waals surface area contributed by atoms with E-state index in [2.05, 4.69) is 36.2 Å². The summed E-state index contributed by atoms with van der Waals surface area (Å²) >= 11 is 3.14. The van der Waals surface area contributed by atoms with Gasteiger partial charge in [0, 0.05) is 50.5 Å². The Kier molecular flexibility index (Phi) is 12.3. The van der Waals surface area contributed by atoms with E-state index in [1.807, 2.05) is 39.8 Å². The van der Waals surface area contributed by atoms with E-state index < -0.39 is 24.0 Å². The van der Waals surface area contributed by atoms with E-state index in [1.54, 1.807) is 36.1 Å². The summed E-state index contributed by atoms with van der Waals surface area (Å²) in [4.78, 5) is 37.0. The monoisotopic (exact) mass is 924 g/mol. The summed E-state index contributed by atoms with van der Waals surface area (Å²) in [6.07, 6.45) is 10.9. The molecule has 0 unspecified atom stereocenters. The topological polar surface area (TPSA) is 251 Å². The van der Waals surface area contributed by atoms with Crippen molar-refractivity contribution in [1.82, 2.24) is 39.9 Å². The van der Waals surface area contributed by atoms with Crippen LogP contribution in [0, 0.1) is 37.5 Å². The molecular weight excluding hydrogens is 869 g/mol. The molecule has 11 rings (SSSR count). The van der Waals surface area contributed by atoms with Gasteiger partial charge in [-0.05, 0) is 90.2 Å². The summed E-state index contributed by atoms with van der Waals surface area (Å²) in [6.45, 7) is 9.38. The first-order chi connectivity index (χ1) is 31.4. The molecule has 8 atom stereocenters. The highest BCUT2D eigenvalue weighted by Crippen LogP contribution is 2.45. The Morgan fingerprint density at radius 2 is 1.14 bits per heavy atom. The third-order valence-corrected chi connectivity index (χ3v) is 15.1. The second kappa shape index (κ2) is 18.1. The van der Waals surface area contributed by atoms with Gasteiger partial charge in [0.1, 0.15) is 44.9 Å². The lowest BCUT2D eigenvalue weighted by Gasteiger charge is -2.25. The number of aliphatic hydroxyl groups is 4. The number of rotatable bonds is 14. The summed E-state index contributed by atoms with van der Waals surface area (Å²) in [5, 5.41) is 55.6. The molecular formula is C45H56N12O6S2. The molecule has 0 amide bonds. The van der Waals surface area contributed by atoms with Crippen LogP contribution in [0.15, 0.2) is 36.9 Å². The summed E-state index contributed by atoms with van der Waals surface area (Å²) in [7, 11) is 0. The van der Waals surface area contributed by atoms with E-state index in [-0.39, 0.29) is 43.3 Å². The number of hydrogen-bond donors (Lipinski definition) is 8. The molecule has 8 N–H and O–H groups in total. The van der Waals surface area contributed by atoms with E-state index in [4.69, 9.17) is 34.4 Å². The molecule has 1 aliphatic heterocycles. The van der Waals surface area contributed by atoms with Crippen molar-refractivity contribution < 1.29 is 29.9 Å². The Bertz CT molecular complexity index is 2590. The molecule has 4 saturated carbocycles. The second-order valence-electron chi connectivity index (χ2n) is 18.5. The van der Waals surface area contributed by atoms with Crippen LogP contribution in [-0.4, -0.2) is 129 Å². The maximum Gasteiger partial charge on any atom is 0.224 e. The highest BCUT2D eigenvalue weighted by molar-refractivity contribution is 7.22. The maximum atomic E-state index is 10.5. The molecule has 6 aromatic rings. The summed E-state index contributed by atoms with van der Waals surface area (Å²) in [5.74, 6) is 2.79. The van der Waals surface area contributed by atoms with E-state index in [9.17, 15) is 20.4 Å². The maximum absolute atomic E-state index is 10.5. The minimum absolute atomic E-state index is 0.0108. The zero-order valence-corrected chi connectivity index (χ0v) is 38.4. The summed E-state index contributed by atoms with van der Waals surface area (Å²) in [6, 6.07) is 3.41. The number of ether oxygens (including phenoxy) is 2. The van der Waals surface area contributed by atoms with Crippen LogP contribution in [0.25, 0.3) is 41.6 Å². The Balaban J connectivity index is 0.000000154. The van der Waals surface area contributed by atoms with E-state index in [1.165, 1.54) is 37.0 Å². The normalized spacial score (nSPS) is 26.8. The lowest BCUT2D eigenvalue weighted by atomic mass is 10.1. The zero-order valence-electron chi connectivity index (χ0n) is 36.8. The van der Waals surface area contributed by atoms with Gasteiger partial charge in [0.2, 0.25) is 11.9 Å². The summed E-state index contributed by atoms with van der Waals surface area (Å²) in [5.41, 5.74) is 4.96. The molecule has 344 valence electrons. The van der Waals surface area contributed by atoms with Crippen molar-refractivity contribution in [2.75, 3.05) is 47.6 Å². The zero-order chi connectivity index (χ0) is 45.0. The minimum Gasteiger partial charge on any atom is -0.396 e. The van der Waals surface area contributed by atoms with Crippen molar-refractivity contribution in [3.8, 4) is 21.1 Å². The lowest BCUT2D eigenvalue weighted by Crippen LogP contribution is -2.35. The van der Waals surface area contributed by atoms with Gasteiger partial charge in [0.25, 0.3) is 0 Å². The van der Waals surface area contributed by atoms with Gasteiger partial charge in [-0.3, -0.25) is 9.97 Å². The van der Waals surface area contributed by atoms with Crippen LogP contribution in [0.5, 0.6) is 0 Å². The van der Waals surface area contributed by atoms with Gasteiger partial charge < -0.3 is 51.2 Å². The van der Waals surface area contributed by atoms with Gasteiger partial charge >= 0.3 is 0 Å². The van der Waals surface area contributed by atoms with Crippen LogP contribution in [0.1, 0.15) is 63.8 Å². The summed E-state index contributed by atoms with van der Waals surface area (Å²) < 4.78 is 14.5. The van der Waals surface area contributed by atoms with Crippen LogP contribution in [-0.2, 0) is 9.47 Å². The molecule has 65 heavy (non-hydrogen) atoms. The Morgan fingerprint density at radius 3 is 1.62 bits per heavy atom. The average molecular weight is 925 g/mol. The number of pyridine rings is 2. The minimum atomic E-state index is -0.997. The van der Waals surface area contributed by atoms with E-state index >= 15 is 0 Å². The fraction of sp³-hybridized carbons (Fsp3) is 0.556. The fourth-order valence-electron chi connectivity index (χ4n) is 9.12.